The molecule has 0 saturated heterocycles. The van der Waals surface area contributed by atoms with Crippen LogP contribution in [0.3, 0.4) is 0 Å². The zero-order chi connectivity index (χ0) is 14.5. The van der Waals surface area contributed by atoms with Gasteiger partial charge in [-0.15, -0.1) is 0 Å². The summed E-state index contributed by atoms with van der Waals surface area (Å²) in [6.07, 6.45) is -0.157. The van der Waals surface area contributed by atoms with Gasteiger partial charge in [-0.3, -0.25) is 0 Å². The normalized spacial score (nSPS) is 13.8. The Morgan fingerprint density at radius 3 is 2.55 bits per heavy atom. The van der Waals surface area contributed by atoms with Crippen molar-refractivity contribution in [3.63, 3.8) is 0 Å². The fraction of sp³-hybridized carbons (Fsp3) is 0.250. The number of aliphatic hydroxyl groups is 1. The van der Waals surface area contributed by atoms with Gasteiger partial charge in [-0.25, -0.2) is 0 Å². The quantitative estimate of drug-likeness (QED) is 0.890. The van der Waals surface area contributed by atoms with E-state index in [1.807, 2.05) is 36.4 Å². The summed E-state index contributed by atoms with van der Waals surface area (Å²) in [5.74, 6) is 0.562. The lowest BCUT2D eigenvalue weighted by Gasteiger charge is -2.20. The molecule has 3 N–H and O–H groups in total. The van der Waals surface area contributed by atoms with Gasteiger partial charge in [0.15, 0.2) is 0 Å². The number of nitrogens with two attached hydrogens (primary N) is 1. The van der Waals surface area contributed by atoms with Gasteiger partial charge in [0.25, 0.3) is 0 Å². The first-order valence-corrected chi connectivity index (χ1v) is 6.80. The van der Waals surface area contributed by atoms with Crippen molar-refractivity contribution < 1.29 is 9.84 Å². The first kappa shape index (κ1) is 14.9. The zero-order valence-electron chi connectivity index (χ0n) is 11.3. The van der Waals surface area contributed by atoms with E-state index in [-0.39, 0.29) is 0 Å². The average molecular weight is 292 g/mol. The summed E-state index contributed by atoms with van der Waals surface area (Å²) >= 11 is 5.98. The van der Waals surface area contributed by atoms with E-state index in [4.69, 9.17) is 22.1 Å². The number of halogens is 1. The van der Waals surface area contributed by atoms with Gasteiger partial charge in [-0.2, -0.15) is 0 Å². The number of hydrogen-bond acceptors (Lipinski definition) is 3. The maximum absolute atomic E-state index is 10.3. The number of rotatable bonds is 5. The van der Waals surface area contributed by atoms with Gasteiger partial charge in [0.1, 0.15) is 5.75 Å². The third-order valence-corrected chi connectivity index (χ3v) is 3.57. The van der Waals surface area contributed by atoms with E-state index in [0.717, 1.165) is 11.1 Å². The minimum Gasteiger partial charge on any atom is -0.495 e. The lowest BCUT2D eigenvalue weighted by molar-refractivity contribution is 0.145. The second-order valence-electron chi connectivity index (χ2n) is 4.68. The summed E-state index contributed by atoms with van der Waals surface area (Å²) in [5, 5.41) is 10.8. The van der Waals surface area contributed by atoms with Crippen LogP contribution < -0.4 is 10.5 Å². The summed E-state index contributed by atoms with van der Waals surface area (Å²) < 4.78 is 5.16. The van der Waals surface area contributed by atoms with Crippen LogP contribution in [0.25, 0.3) is 0 Å². The molecule has 2 aromatic rings. The Labute approximate surface area is 123 Å². The molecular weight excluding hydrogens is 274 g/mol. The number of ether oxygens (including phenoxy) is 1. The van der Waals surface area contributed by atoms with Crippen molar-refractivity contribution in [1.29, 1.82) is 0 Å². The van der Waals surface area contributed by atoms with Crippen LogP contribution in [0.2, 0.25) is 5.02 Å². The van der Waals surface area contributed by atoms with Crippen LogP contribution in [0.15, 0.2) is 48.5 Å². The van der Waals surface area contributed by atoms with E-state index in [9.17, 15) is 5.11 Å². The Balaban J connectivity index is 2.12. The van der Waals surface area contributed by atoms with Crippen molar-refractivity contribution in [2.75, 3.05) is 7.11 Å². The predicted molar refractivity (Wildman–Crippen MR) is 81.1 cm³/mol. The van der Waals surface area contributed by atoms with Crippen molar-refractivity contribution >= 4 is 11.6 Å². The molecule has 0 amide bonds. The molecule has 2 rings (SSSR count). The molecule has 0 aromatic heterocycles. The van der Waals surface area contributed by atoms with Crippen LogP contribution in [0.5, 0.6) is 5.75 Å². The summed E-state index contributed by atoms with van der Waals surface area (Å²) in [4.78, 5) is 0. The Morgan fingerprint density at radius 2 is 1.90 bits per heavy atom. The Morgan fingerprint density at radius 1 is 1.20 bits per heavy atom. The lowest BCUT2D eigenvalue weighted by Crippen LogP contribution is -2.28. The molecule has 0 aliphatic heterocycles. The standard InChI is InChI=1S/C16H18ClNO2/c1-20-15-10-12(7-8-13(15)17)16(18)14(19)9-11-5-3-2-4-6-11/h2-8,10,14,16,19H,9,18H2,1H3/t14-,16+/m0/s1. The first-order valence-electron chi connectivity index (χ1n) is 6.43. The van der Waals surface area contributed by atoms with Crippen molar-refractivity contribution in [3.8, 4) is 5.75 Å². The molecule has 0 spiro atoms. The molecule has 0 aliphatic carbocycles. The second kappa shape index (κ2) is 6.75. The van der Waals surface area contributed by atoms with Crippen LogP contribution in [0.1, 0.15) is 17.2 Å². The van der Waals surface area contributed by atoms with Crippen LogP contribution in [-0.4, -0.2) is 18.3 Å². The molecule has 0 radical (unpaired) electrons. The van der Waals surface area contributed by atoms with Crippen molar-refractivity contribution in [3.05, 3.63) is 64.7 Å². The molecule has 106 valence electrons. The van der Waals surface area contributed by atoms with Crippen LogP contribution >= 0.6 is 11.6 Å². The molecule has 0 aliphatic rings. The fourth-order valence-electron chi connectivity index (χ4n) is 2.09. The highest BCUT2D eigenvalue weighted by Gasteiger charge is 2.18. The third-order valence-electron chi connectivity index (χ3n) is 3.26. The van der Waals surface area contributed by atoms with E-state index in [1.165, 1.54) is 0 Å². The molecule has 0 saturated carbocycles. The molecule has 0 unspecified atom stereocenters. The fourth-order valence-corrected chi connectivity index (χ4v) is 2.28. The maximum atomic E-state index is 10.3. The first-order chi connectivity index (χ1) is 9.61. The zero-order valence-corrected chi connectivity index (χ0v) is 12.0. The van der Waals surface area contributed by atoms with Gasteiger partial charge in [0.2, 0.25) is 0 Å². The maximum Gasteiger partial charge on any atom is 0.137 e. The SMILES string of the molecule is COc1cc([C@@H](N)[C@@H](O)Cc2ccccc2)ccc1Cl. The molecule has 20 heavy (non-hydrogen) atoms. The van der Waals surface area contributed by atoms with E-state index in [1.54, 1.807) is 19.2 Å². The predicted octanol–water partition coefficient (Wildman–Crippen LogP) is 2.95. The topological polar surface area (TPSA) is 55.5 Å². The smallest absolute Gasteiger partial charge is 0.137 e. The molecule has 0 bridgehead atoms. The minimum absolute atomic E-state index is 0.485. The Kier molecular flexibility index (Phi) is 5.01. The van der Waals surface area contributed by atoms with Gasteiger partial charge < -0.3 is 15.6 Å². The number of aliphatic hydroxyl groups excluding tert-OH is 1. The van der Waals surface area contributed by atoms with E-state index in [0.29, 0.717) is 17.2 Å². The minimum atomic E-state index is -0.664. The van der Waals surface area contributed by atoms with E-state index >= 15 is 0 Å². The highest BCUT2D eigenvalue weighted by Crippen LogP contribution is 2.28. The molecule has 0 fully saturated rings. The average Bonchev–Trinajstić information content (AvgIpc) is 2.48. The molecular formula is C16H18ClNO2. The molecule has 4 heteroatoms. The Hall–Kier alpha value is -1.55. The van der Waals surface area contributed by atoms with Gasteiger partial charge >= 0.3 is 0 Å². The largest absolute Gasteiger partial charge is 0.495 e. The van der Waals surface area contributed by atoms with Crippen LogP contribution in [0.4, 0.5) is 0 Å². The number of methoxy groups -OCH3 is 1. The monoisotopic (exact) mass is 291 g/mol. The second-order valence-corrected chi connectivity index (χ2v) is 5.08. The molecule has 2 aromatic carbocycles. The summed E-state index contributed by atoms with van der Waals surface area (Å²) in [7, 11) is 1.55. The highest BCUT2D eigenvalue weighted by atomic mass is 35.5. The van der Waals surface area contributed by atoms with Crippen molar-refractivity contribution in [2.24, 2.45) is 5.73 Å². The molecule has 0 heterocycles. The highest BCUT2D eigenvalue weighted by molar-refractivity contribution is 6.32. The lowest BCUT2D eigenvalue weighted by atomic mass is 9.97. The number of hydrogen-bond donors (Lipinski definition) is 2. The van der Waals surface area contributed by atoms with Gasteiger partial charge in [-0.1, -0.05) is 48.0 Å². The molecule has 2 atom stereocenters. The van der Waals surface area contributed by atoms with E-state index in [2.05, 4.69) is 0 Å². The third kappa shape index (κ3) is 3.51. The van der Waals surface area contributed by atoms with Gasteiger partial charge in [0, 0.05) is 6.42 Å². The Bertz CT molecular complexity index is 560. The summed E-state index contributed by atoms with van der Waals surface area (Å²) in [6.45, 7) is 0. The van der Waals surface area contributed by atoms with Crippen molar-refractivity contribution in [2.45, 2.75) is 18.6 Å². The van der Waals surface area contributed by atoms with Gasteiger partial charge in [-0.05, 0) is 23.3 Å². The van der Waals surface area contributed by atoms with Gasteiger partial charge in [0.05, 0.1) is 24.3 Å². The number of benzene rings is 2. The van der Waals surface area contributed by atoms with Crippen LogP contribution in [0, 0.1) is 0 Å². The van der Waals surface area contributed by atoms with E-state index < -0.39 is 12.1 Å². The summed E-state index contributed by atoms with van der Waals surface area (Å²) in [5.41, 5.74) is 7.96. The van der Waals surface area contributed by atoms with Crippen LogP contribution in [-0.2, 0) is 6.42 Å². The molecule has 3 nitrogen and oxygen atoms in total. The summed E-state index contributed by atoms with van der Waals surface area (Å²) in [6, 6.07) is 14.6. The van der Waals surface area contributed by atoms with Crippen molar-refractivity contribution in [1.82, 2.24) is 0 Å².